The molecule has 0 unspecified atom stereocenters. The molecule has 1 saturated carbocycles. The van der Waals surface area contributed by atoms with Crippen molar-refractivity contribution in [2.24, 2.45) is 11.4 Å². The van der Waals surface area contributed by atoms with Crippen LogP contribution in [0.5, 0.6) is 0 Å². The molecule has 0 amide bonds. The van der Waals surface area contributed by atoms with E-state index in [4.69, 9.17) is 4.98 Å². The Morgan fingerprint density at radius 2 is 2.00 bits per heavy atom. The van der Waals surface area contributed by atoms with Crippen LogP contribution in [0.3, 0.4) is 0 Å². The highest BCUT2D eigenvalue weighted by Crippen LogP contribution is 2.46. The Labute approximate surface area is 161 Å². The van der Waals surface area contributed by atoms with Crippen molar-refractivity contribution in [3.63, 3.8) is 0 Å². The first-order valence-electron chi connectivity index (χ1n) is 8.91. The lowest BCUT2D eigenvalue weighted by Gasteiger charge is -2.16. The van der Waals surface area contributed by atoms with Crippen LogP contribution in [0, 0.1) is 18.3 Å². The highest BCUT2D eigenvalue weighted by Gasteiger charge is 2.48. The number of aryl methyl sites for hydroxylation is 1. The molecule has 0 spiro atoms. The van der Waals surface area contributed by atoms with Crippen molar-refractivity contribution in [3.05, 3.63) is 39.4 Å². The number of benzene rings is 1. The molecule has 0 radical (unpaired) electrons. The molecule has 1 heterocycles. The lowest BCUT2D eigenvalue weighted by Crippen LogP contribution is -2.27. The fraction of sp³-hybridized carbons (Fsp3) is 0.500. The zero-order chi connectivity index (χ0) is 20.1. The third-order valence-electron chi connectivity index (χ3n) is 4.85. The standard InChI is InChI=1S/C20H24N4O2S/c1-12-9-14(13(2)23-27(26)19(3,4)5)16-15(10-12)17(25)24(6)18(22-16)20(11-21)7-8-20/h9-10H,7-8H2,1-6H3/b23-13-/t27-/m1/s1. The van der Waals surface area contributed by atoms with Gasteiger partial charge in [0.15, 0.2) is 0 Å². The lowest BCUT2D eigenvalue weighted by atomic mass is 10.0. The molecule has 0 bridgehead atoms. The van der Waals surface area contributed by atoms with Crippen LogP contribution >= 0.6 is 0 Å². The van der Waals surface area contributed by atoms with E-state index >= 15 is 0 Å². The molecular weight excluding hydrogens is 360 g/mol. The summed E-state index contributed by atoms with van der Waals surface area (Å²) >= 11 is 0. The van der Waals surface area contributed by atoms with E-state index in [1.165, 1.54) is 4.57 Å². The van der Waals surface area contributed by atoms with Gasteiger partial charge in [-0.3, -0.25) is 9.36 Å². The van der Waals surface area contributed by atoms with Gasteiger partial charge in [-0.15, -0.1) is 0 Å². The van der Waals surface area contributed by atoms with E-state index in [1.807, 2.05) is 33.8 Å². The molecule has 1 atom stereocenters. The predicted octanol–water partition coefficient (Wildman–Crippen LogP) is 3.07. The number of aromatic nitrogens is 2. The maximum atomic E-state index is 13.0. The van der Waals surface area contributed by atoms with Gasteiger partial charge in [0.2, 0.25) is 0 Å². The third kappa shape index (κ3) is 3.34. The average Bonchev–Trinajstić information content (AvgIpc) is 3.38. The van der Waals surface area contributed by atoms with Gasteiger partial charge in [0.05, 0.1) is 27.4 Å². The molecule has 1 aliphatic carbocycles. The van der Waals surface area contributed by atoms with Crippen molar-refractivity contribution in [3.8, 4) is 6.07 Å². The van der Waals surface area contributed by atoms with Crippen LogP contribution in [-0.2, 0) is 23.4 Å². The van der Waals surface area contributed by atoms with E-state index in [1.54, 1.807) is 20.0 Å². The van der Waals surface area contributed by atoms with Crippen LogP contribution in [0.2, 0.25) is 0 Å². The van der Waals surface area contributed by atoms with E-state index < -0.39 is 21.1 Å². The monoisotopic (exact) mass is 384 g/mol. The Balaban J connectivity index is 2.31. The SMILES string of the molecule is C/C(=N/[S@](=O)C(C)(C)C)c1cc(C)cc2c(=O)n(C)c(C3(C#N)CC3)nc12. The van der Waals surface area contributed by atoms with Gasteiger partial charge in [-0.2, -0.15) is 9.66 Å². The van der Waals surface area contributed by atoms with Crippen LogP contribution < -0.4 is 5.56 Å². The molecule has 1 fully saturated rings. The van der Waals surface area contributed by atoms with Crippen LogP contribution in [-0.4, -0.2) is 24.2 Å². The first-order chi connectivity index (χ1) is 12.5. The van der Waals surface area contributed by atoms with E-state index in [0.29, 0.717) is 40.8 Å². The van der Waals surface area contributed by atoms with Gasteiger partial charge >= 0.3 is 0 Å². The van der Waals surface area contributed by atoms with Gasteiger partial charge in [-0.1, -0.05) is 0 Å². The molecule has 1 aromatic heterocycles. The summed E-state index contributed by atoms with van der Waals surface area (Å²) in [6, 6.07) is 6.02. The van der Waals surface area contributed by atoms with E-state index in [-0.39, 0.29) is 5.56 Å². The number of fused-ring (bicyclic) bond motifs is 1. The average molecular weight is 385 g/mol. The van der Waals surface area contributed by atoms with Gasteiger partial charge in [0.1, 0.15) is 22.2 Å². The molecule has 0 N–H and O–H groups in total. The lowest BCUT2D eigenvalue weighted by molar-refractivity contribution is 0.650. The second-order valence-electron chi connectivity index (χ2n) is 8.24. The van der Waals surface area contributed by atoms with Gasteiger partial charge in [-0.25, -0.2) is 9.19 Å². The molecule has 3 rings (SSSR count). The fourth-order valence-corrected chi connectivity index (χ4v) is 3.67. The minimum atomic E-state index is -1.41. The summed E-state index contributed by atoms with van der Waals surface area (Å²) in [5.41, 5.74) is 1.84. The van der Waals surface area contributed by atoms with Gasteiger partial charge in [-0.05, 0) is 65.2 Å². The highest BCUT2D eigenvalue weighted by molar-refractivity contribution is 7.85. The van der Waals surface area contributed by atoms with Crippen molar-refractivity contribution in [1.29, 1.82) is 5.26 Å². The van der Waals surface area contributed by atoms with Crippen molar-refractivity contribution >= 4 is 27.6 Å². The number of nitrogens with zero attached hydrogens (tertiary/aromatic N) is 4. The minimum Gasteiger partial charge on any atom is -0.298 e. The van der Waals surface area contributed by atoms with Crippen LogP contribution in [0.25, 0.3) is 10.9 Å². The molecule has 1 aliphatic rings. The van der Waals surface area contributed by atoms with Crippen molar-refractivity contribution in [1.82, 2.24) is 9.55 Å². The Hall–Kier alpha value is -2.33. The van der Waals surface area contributed by atoms with Crippen molar-refractivity contribution < 1.29 is 4.21 Å². The molecule has 0 saturated heterocycles. The van der Waals surface area contributed by atoms with Gasteiger partial charge in [0, 0.05) is 12.6 Å². The maximum Gasteiger partial charge on any atom is 0.261 e. The van der Waals surface area contributed by atoms with Crippen molar-refractivity contribution in [2.75, 3.05) is 0 Å². The Kier molecular flexibility index (Phi) is 4.59. The zero-order valence-corrected chi connectivity index (χ0v) is 17.4. The number of nitriles is 1. The molecule has 0 aliphatic heterocycles. The molecule has 2 aromatic rings. The predicted molar refractivity (Wildman–Crippen MR) is 108 cm³/mol. The Morgan fingerprint density at radius 1 is 1.37 bits per heavy atom. The third-order valence-corrected chi connectivity index (χ3v) is 6.34. The highest BCUT2D eigenvalue weighted by atomic mass is 32.2. The van der Waals surface area contributed by atoms with E-state index in [0.717, 1.165) is 5.56 Å². The van der Waals surface area contributed by atoms with Gasteiger partial charge in [0.25, 0.3) is 5.56 Å². The summed E-state index contributed by atoms with van der Waals surface area (Å²) < 4.78 is 17.8. The van der Waals surface area contributed by atoms with Crippen LogP contribution in [0.1, 0.15) is 57.5 Å². The minimum absolute atomic E-state index is 0.175. The number of hydrogen-bond acceptors (Lipinski definition) is 4. The smallest absolute Gasteiger partial charge is 0.261 e. The zero-order valence-electron chi connectivity index (χ0n) is 16.6. The van der Waals surface area contributed by atoms with E-state index in [9.17, 15) is 14.3 Å². The maximum absolute atomic E-state index is 13.0. The summed E-state index contributed by atoms with van der Waals surface area (Å²) in [4.78, 5) is 17.7. The molecular formula is C20H24N4O2S. The molecule has 7 heteroatoms. The van der Waals surface area contributed by atoms with E-state index in [2.05, 4.69) is 10.5 Å². The summed E-state index contributed by atoms with van der Waals surface area (Å²) in [7, 11) is 0.251. The van der Waals surface area contributed by atoms with Crippen molar-refractivity contribution in [2.45, 2.75) is 57.6 Å². The quantitative estimate of drug-likeness (QED) is 0.761. The molecule has 27 heavy (non-hydrogen) atoms. The topological polar surface area (TPSA) is 88.1 Å². The second kappa shape index (κ2) is 6.38. The molecule has 6 nitrogen and oxygen atoms in total. The summed E-state index contributed by atoms with van der Waals surface area (Å²) in [6.45, 7) is 9.29. The Morgan fingerprint density at radius 3 is 2.52 bits per heavy atom. The first kappa shape index (κ1) is 19.4. The first-order valence-corrected chi connectivity index (χ1v) is 10.0. The molecule has 1 aromatic carbocycles. The summed E-state index contributed by atoms with van der Waals surface area (Å²) in [5, 5.41) is 10.0. The normalized spacial score (nSPS) is 17.6. The summed E-state index contributed by atoms with van der Waals surface area (Å²) in [6.07, 6.45) is 1.41. The summed E-state index contributed by atoms with van der Waals surface area (Å²) in [5.74, 6) is 0.498. The number of hydrogen-bond donors (Lipinski definition) is 0. The van der Waals surface area contributed by atoms with Crippen LogP contribution in [0.4, 0.5) is 0 Å². The number of rotatable bonds is 3. The Bertz CT molecular complexity index is 1100. The van der Waals surface area contributed by atoms with Gasteiger partial charge < -0.3 is 0 Å². The van der Waals surface area contributed by atoms with Crippen LogP contribution in [0.15, 0.2) is 21.3 Å². The largest absolute Gasteiger partial charge is 0.298 e. The molecule has 142 valence electrons. The second-order valence-corrected chi connectivity index (χ2v) is 10.1. The fourth-order valence-electron chi connectivity index (χ4n) is 3.04.